The van der Waals surface area contributed by atoms with E-state index in [9.17, 15) is 10.2 Å². The van der Waals surface area contributed by atoms with Crippen LogP contribution in [0, 0.1) is 17.8 Å². The van der Waals surface area contributed by atoms with Crippen molar-refractivity contribution >= 4 is 0 Å². The zero-order valence-electron chi connectivity index (χ0n) is 20.2. The number of aryl methyl sites for hydroxylation is 1. The van der Waals surface area contributed by atoms with Gasteiger partial charge in [0.15, 0.2) is 11.5 Å². The zero-order chi connectivity index (χ0) is 22.7. The van der Waals surface area contributed by atoms with Crippen molar-refractivity contribution in [3.05, 3.63) is 23.8 Å². The van der Waals surface area contributed by atoms with Crippen molar-refractivity contribution in [3.63, 3.8) is 0 Å². The second kappa shape index (κ2) is 13.3. The minimum atomic E-state index is -0.512. The number of aliphatic hydroxyl groups is 1. The Hall–Kier alpha value is -1.26. The van der Waals surface area contributed by atoms with E-state index in [1.54, 1.807) is 6.07 Å². The van der Waals surface area contributed by atoms with Crippen LogP contribution in [0.2, 0.25) is 0 Å². The van der Waals surface area contributed by atoms with Crippen molar-refractivity contribution in [3.8, 4) is 11.5 Å². The predicted octanol–water partition coefficient (Wildman–Crippen LogP) is 6.22. The number of aliphatic hydroxyl groups excluding tert-OH is 1. The molecule has 0 radical (unpaired) electrons. The number of phenolic OH excluding ortho intramolecular Hbond substituents is 1. The van der Waals surface area contributed by atoms with E-state index in [4.69, 9.17) is 10.5 Å². The smallest absolute Gasteiger partial charge is 0.160 e. The molecule has 1 aromatic carbocycles. The van der Waals surface area contributed by atoms with Crippen LogP contribution in [-0.4, -0.2) is 29.0 Å². The summed E-state index contributed by atoms with van der Waals surface area (Å²) in [6, 6.07) is 5.66. The first-order valence-corrected chi connectivity index (χ1v) is 12.7. The highest BCUT2D eigenvalue weighted by molar-refractivity contribution is 5.41. The summed E-state index contributed by atoms with van der Waals surface area (Å²) < 4.78 is 5.81. The van der Waals surface area contributed by atoms with E-state index < -0.39 is 5.54 Å². The Morgan fingerprint density at radius 2 is 1.84 bits per heavy atom. The Balaban J connectivity index is 1.66. The van der Waals surface area contributed by atoms with Crippen LogP contribution in [0.1, 0.15) is 97.0 Å². The van der Waals surface area contributed by atoms with Gasteiger partial charge in [0.2, 0.25) is 0 Å². The number of phenols is 1. The van der Waals surface area contributed by atoms with Crippen molar-refractivity contribution in [2.45, 2.75) is 103 Å². The summed E-state index contributed by atoms with van der Waals surface area (Å²) >= 11 is 0. The molecule has 0 amide bonds. The molecule has 0 heterocycles. The van der Waals surface area contributed by atoms with Crippen LogP contribution < -0.4 is 10.5 Å². The fourth-order valence-corrected chi connectivity index (χ4v) is 4.55. The lowest BCUT2D eigenvalue weighted by molar-refractivity contribution is 0.135. The van der Waals surface area contributed by atoms with Gasteiger partial charge in [-0.15, -0.1) is 0 Å². The fraction of sp³-hybridized carbons (Fsp3) is 0.778. The molecule has 0 bridgehead atoms. The monoisotopic (exact) mass is 433 g/mol. The summed E-state index contributed by atoms with van der Waals surface area (Å²) in [6.45, 7) is 7.60. The second-order valence-corrected chi connectivity index (χ2v) is 10.6. The third-order valence-corrected chi connectivity index (χ3v) is 7.00. The number of unbranched alkanes of at least 4 members (excludes halogenated alkanes) is 1. The maximum atomic E-state index is 10.4. The molecule has 0 spiro atoms. The van der Waals surface area contributed by atoms with E-state index in [-0.39, 0.29) is 12.4 Å². The third kappa shape index (κ3) is 9.82. The Morgan fingerprint density at radius 1 is 1.10 bits per heavy atom. The van der Waals surface area contributed by atoms with Crippen LogP contribution in [0.3, 0.4) is 0 Å². The average molecular weight is 434 g/mol. The molecule has 0 aliphatic heterocycles. The van der Waals surface area contributed by atoms with Gasteiger partial charge in [0.1, 0.15) is 0 Å². The Morgan fingerprint density at radius 3 is 2.45 bits per heavy atom. The lowest BCUT2D eigenvalue weighted by atomic mass is 9.75. The van der Waals surface area contributed by atoms with E-state index in [0.29, 0.717) is 18.3 Å². The molecule has 1 aliphatic rings. The summed E-state index contributed by atoms with van der Waals surface area (Å²) in [5.41, 5.74) is 6.97. The van der Waals surface area contributed by atoms with Gasteiger partial charge in [-0.3, -0.25) is 0 Å². The van der Waals surface area contributed by atoms with E-state index in [2.05, 4.69) is 20.8 Å². The molecule has 31 heavy (non-hydrogen) atoms. The third-order valence-electron chi connectivity index (χ3n) is 7.00. The molecule has 0 aromatic heterocycles. The summed E-state index contributed by atoms with van der Waals surface area (Å²) in [5, 5.41) is 20.1. The van der Waals surface area contributed by atoms with Crippen molar-refractivity contribution in [1.82, 2.24) is 0 Å². The van der Waals surface area contributed by atoms with Crippen LogP contribution in [-0.2, 0) is 6.42 Å². The molecular formula is C27H47NO3. The number of hydrogen-bond donors (Lipinski definition) is 3. The van der Waals surface area contributed by atoms with Crippen LogP contribution in [0.15, 0.2) is 18.2 Å². The summed E-state index contributed by atoms with van der Waals surface area (Å²) in [4.78, 5) is 0. The maximum Gasteiger partial charge on any atom is 0.160 e. The molecule has 1 saturated carbocycles. The summed E-state index contributed by atoms with van der Waals surface area (Å²) in [6.07, 6.45) is 13.6. The standard InChI is InChI=1S/C27H47NO3/c1-21(2)8-6-10-22(3)9-4-5-17-31-26-14-13-23(18-25(26)30)15-16-27(28,20-29)19-24-11-7-12-24/h13-14,18,21-22,24,29-30H,4-12,15-17,19-20,28H2,1-3H3. The van der Waals surface area contributed by atoms with Gasteiger partial charge in [0.25, 0.3) is 0 Å². The molecule has 2 rings (SSSR count). The lowest BCUT2D eigenvalue weighted by Crippen LogP contribution is -2.46. The average Bonchev–Trinajstić information content (AvgIpc) is 2.70. The molecular weight excluding hydrogens is 386 g/mol. The molecule has 178 valence electrons. The largest absolute Gasteiger partial charge is 0.504 e. The molecule has 1 aliphatic carbocycles. The first-order chi connectivity index (χ1) is 14.8. The number of rotatable bonds is 16. The Bertz CT molecular complexity index is 629. The van der Waals surface area contributed by atoms with Gasteiger partial charge in [-0.1, -0.05) is 71.8 Å². The number of hydrogen-bond acceptors (Lipinski definition) is 4. The van der Waals surface area contributed by atoms with Gasteiger partial charge in [-0.25, -0.2) is 0 Å². The molecule has 4 nitrogen and oxygen atoms in total. The van der Waals surface area contributed by atoms with Crippen LogP contribution in [0.25, 0.3) is 0 Å². The van der Waals surface area contributed by atoms with Gasteiger partial charge in [-0.2, -0.15) is 0 Å². The maximum absolute atomic E-state index is 10.4. The quantitative estimate of drug-likeness (QED) is 0.271. The Kier molecular flexibility index (Phi) is 11.2. The topological polar surface area (TPSA) is 75.7 Å². The number of benzene rings is 1. The zero-order valence-corrected chi connectivity index (χ0v) is 20.2. The van der Waals surface area contributed by atoms with Crippen LogP contribution in [0.4, 0.5) is 0 Å². The van der Waals surface area contributed by atoms with E-state index in [1.807, 2.05) is 12.1 Å². The molecule has 4 heteroatoms. The summed E-state index contributed by atoms with van der Waals surface area (Å²) in [5.74, 6) is 3.02. The lowest BCUT2D eigenvalue weighted by Gasteiger charge is -2.35. The number of nitrogens with two attached hydrogens (primary N) is 1. The first kappa shape index (κ1) is 26.0. The van der Waals surface area contributed by atoms with Gasteiger partial charge in [0.05, 0.1) is 13.2 Å². The molecule has 4 N–H and O–H groups in total. The minimum Gasteiger partial charge on any atom is -0.504 e. The van der Waals surface area contributed by atoms with Crippen molar-refractivity contribution in [1.29, 1.82) is 0 Å². The molecule has 0 saturated heterocycles. The number of ether oxygens (including phenoxy) is 1. The van der Waals surface area contributed by atoms with Crippen molar-refractivity contribution in [2.75, 3.05) is 13.2 Å². The minimum absolute atomic E-state index is 0.0209. The van der Waals surface area contributed by atoms with Gasteiger partial charge in [-0.05, 0) is 67.6 Å². The van der Waals surface area contributed by atoms with E-state index >= 15 is 0 Å². The highest BCUT2D eigenvalue weighted by atomic mass is 16.5. The van der Waals surface area contributed by atoms with E-state index in [0.717, 1.165) is 43.1 Å². The normalized spacial score (nSPS) is 17.4. The van der Waals surface area contributed by atoms with Crippen LogP contribution >= 0.6 is 0 Å². The molecule has 2 unspecified atom stereocenters. The SMILES string of the molecule is CC(C)CCCC(C)CCCCOc1ccc(CCC(N)(CO)CC2CCC2)cc1O. The predicted molar refractivity (Wildman–Crippen MR) is 130 cm³/mol. The van der Waals surface area contributed by atoms with Crippen LogP contribution in [0.5, 0.6) is 11.5 Å². The number of aromatic hydroxyl groups is 1. The summed E-state index contributed by atoms with van der Waals surface area (Å²) in [7, 11) is 0. The van der Waals surface area contributed by atoms with Gasteiger partial charge >= 0.3 is 0 Å². The highest BCUT2D eigenvalue weighted by Crippen LogP contribution is 2.35. The molecule has 1 fully saturated rings. The van der Waals surface area contributed by atoms with E-state index in [1.165, 1.54) is 51.4 Å². The first-order valence-electron chi connectivity index (χ1n) is 12.7. The van der Waals surface area contributed by atoms with Gasteiger partial charge in [0, 0.05) is 5.54 Å². The molecule has 1 aromatic rings. The van der Waals surface area contributed by atoms with Crippen molar-refractivity contribution < 1.29 is 14.9 Å². The molecule has 2 atom stereocenters. The van der Waals surface area contributed by atoms with Crippen molar-refractivity contribution in [2.24, 2.45) is 23.5 Å². The Labute approximate surface area is 190 Å². The van der Waals surface area contributed by atoms with Gasteiger partial charge < -0.3 is 20.7 Å². The second-order valence-electron chi connectivity index (χ2n) is 10.6. The fourth-order valence-electron chi connectivity index (χ4n) is 4.55. The highest BCUT2D eigenvalue weighted by Gasteiger charge is 2.30.